The number of carboxylic acids is 1. The van der Waals surface area contributed by atoms with Gasteiger partial charge in [-0.05, 0) is 18.1 Å². The molecule has 0 aromatic rings. The van der Waals surface area contributed by atoms with Gasteiger partial charge < -0.3 is 9.90 Å². The summed E-state index contributed by atoms with van der Waals surface area (Å²) in [5, 5.41) is 10.0. The Morgan fingerprint density at radius 3 is 2.28 bits per heavy atom. The van der Waals surface area contributed by atoms with Crippen LogP contribution in [0.5, 0.6) is 0 Å². The molecule has 0 fully saturated rings. The first-order valence-electron chi connectivity index (χ1n) is 6.96. The number of hydrogen-bond donors (Lipinski definition) is 0. The molecule has 0 aliphatic heterocycles. The van der Waals surface area contributed by atoms with E-state index in [2.05, 4.69) is 20.8 Å². The molecule has 2 radical (unpaired) electrons. The van der Waals surface area contributed by atoms with Crippen molar-refractivity contribution < 1.29 is 9.90 Å². The van der Waals surface area contributed by atoms with Crippen molar-refractivity contribution in [1.82, 2.24) is 0 Å². The molecule has 0 saturated carbocycles. The van der Waals surface area contributed by atoms with Gasteiger partial charge in [0.05, 0.1) is 5.97 Å². The zero-order chi connectivity index (χ0) is 14.2. The van der Waals surface area contributed by atoms with Gasteiger partial charge in [-0.3, -0.25) is 0 Å². The van der Waals surface area contributed by atoms with Gasteiger partial charge in [0.25, 0.3) is 0 Å². The monoisotopic (exact) mass is 380 g/mol. The average Bonchev–Trinajstić information content (AvgIpc) is 2.29. The van der Waals surface area contributed by atoms with Crippen molar-refractivity contribution in [3.8, 4) is 0 Å². The van der Waals surface area contributed by atoms with Crippen molar-refractivity contribution in [1.29, 1.82) is 0 Å². The Labute approximate surface area is 131 Å². The first-order chi connectivity index (χ1) is 8.54. The predicted octanol–water partition coefficient (Wildman–Crippen LogP) is 3.06. The van der Waals surface area contributed by atoms with Crippen molar-refractivity contribution in [2.45, 2.75) is 63.7 Å². The van der Waals surface area contributed by atoms with Gasteiger partial charge in [0.1, 0.15) is 0 Å². The van der Waals surface area contributed by atoms with E-state index in [0.29, 0.717) is 0 Å². The Bertz CT molecular complexity index is 173. The number of carbonyl (C=O) groups excluding carboxylic acids is 1. The minimum absolute atomic E-state index is 0.143. The minimum atomic E-state index is -0.952. The number of carboxylic acid groups (broad SMARTS) is 1. The van der Waals surface area contributed by atoms with Crippen LogP contribution < -0.4 is 5.11 Å². The fourth-order valence-electron chi connectivity index (χ4n) is 1.27. The summed E-state index contributed by atoms with van der Waals surface area (Å²) in [6, 6.07) is 0. The number of carbonyl (C=O) groups is 1. The molecular formula is C14H28O2SSn. The van der Waals surface area contributed by atoms with Crippen molar-refractivity contribution in [2.75, 3.05) is 11.5 Å². The third-order valence-electron chi connectivity index (χ3n) is 2.32. The first kappa shape index (κ1) is 20.9. The van der Waals surface area contributed by atoms with Gasteiger partial charge in [-0.2, -0.15) is 11.8 Å². The summed E-state index contributed by atoms with van der Waals surface area (Å²) in [6.07, 6.45) is 7.70. The van der Waals surface area contributed by atoms with Crippen molar-refractivity contribution in [2.24, 2.45) is 5.92 Å². The third-order valence-corrected chi connectivity index (χ3v) is 4.35. The molecule has 0 spiro atoms. The van der Waals surface area contributed by atoms with Crippen LogP contribution in [0.3, 0.4) is 0 Å². The van der Waals surface area contributed by atoms with E-state index in [9.17, 15) is 9.90 Å². The van der Waals surface area contributed by atoms with Crippen molar-refractivity contribution in [3.63, 3.8) is 0 Å². The molecule has 2 nitrogen and oxygen atoms in total. The average molecular weight is 379 g/mol. The summed E-state index contributed by atoms with van der Waals surface area (Å²) in [6.45, 7) is 6.68. The summed E-state index contributed by atoms with van der Waals surface area (Å²) in [4.78, 5) is 10.0. The van der Waals surface area contributed by atoms with E-state index in [-0.39, 0.29) is 5.75 Å². The molecule has 0 saturated heterocycles. The third kappa shape index (κ3) is 25.5. The molecule has 0 atom stereocenters. The Morgan fingerprint density at radius 2 is 1.89 bits per heavy atom. The Kier molecular flexibility index (Phi) is 20.5. The van der Waals surface area contributed by atoms with Crippen LogP contribution in [0.2, 0.25) is 4.44 Å². The molecule has 0 aromatic heterocycles. The van der Waals surface area contributed by atoms with Crippen LogP contribution in [0, 0.1) is 5.92 Å². The molecule has 0 aromatic carbocycles. The fourth-order valence-corrected chi connectivity index (χ4v) is 2.99. The van der Waals surface area contributed by atoms with Gasteiger partial charge >= 0.3 is 46.7 Å². The van der Waals surface area contributed by atoms with E-state index in [1.54, 1.807) is 22.5 Å². The summed E-state index contributed by atoms with van der Waals surface area (Å²) < 4.78 is 1.43. The Hall–Kier alpha value is 0.619. The molecule has 0 amide bonds. The summed E-state index contributed by atoms with van der Waals surface area (Å²) >= 11 is 3.14. The summed E-state index contributed by atoms with van der Waals surface area (Å²) in [5.41, 5.74) is 0. The Balaban J connectivity index is 0. The Morgan fingerprint density at radius 1 is 1.22 bits per heavy atom. The van der Waals surface area contributed by atoms with Crippen LogP contribution in [0.1, 0.15) is 59.3 Å². The van der Waals surface area contributed by atoms with Crippen LogP contribution in [0.4, 0.5) is 0 Å². The number of hydrogen-bond acceptors (Lipinski definition) is 3. The summed E-state index contributed by atoms with van der Waals surface area (Å²) in [7, 11) is 0. The van der Waals surface area contributed by atoms with Crippen LogP contribution >= 0.6 is 11.8 Å². The van der Waals surface area contributed by atoms with Crippen molar-refractivity contribution >= 4 is 40.3 Å². The van der Waals surface area contributed by atoms with Crippen LogP contribution in [-0.4, -0.2) is 40.0 Å². The molecule has 106 valence electrons. The van der Waals surface area contributed by atoms with E-state index < -0.39 is 5.97 Å². The molecular weight excluding hydrogens is 351 g/mol. The van der Waals surface area contributed by atoms with E-state index in [1.807, 2.05) is 0 Å². The summed E-state index contributed by atoms with van der Waals surface area (Å²) in [5.74, 6) is 0.930. The molecule has 0 aliphatic rings. The van der Waals surface area contributed by atoms with Gasteiger partial charge in [0.15, 0.2) is 0 Å². The second kappa shape index (κ2) is 17.6. The first-order valence-corrected chi connectivity index (χ1v) is 10.1. The van der Waals surface area contributed by atoms with Gasteiger partial charge in [-0.25, -0.2) is 0 Å². The normalized spacial score (nSPS) is 10.0. The van der Waals surface area contributed by atoms with E-state index in [0.717, 1.165) is 18.1 Å². The van der Waals surface area contributed by atoms with E-state index in [1.165, 1.54) is 48.3 Å². The van der Waals surface area contributed by atoms with Gasteiger partial charge in [-0.15, -0.1) is 0 Å². The standard InChI is InChI=1S/C10H20O2S.C4H9.Sn/c1-9(2)6-4-3-5-7-13-8-10(11)12;1-3-4-2;/h9H,3-8H2,1-2H3,(H,11,12);1,3-4H2,2H3;/q;;+1/p-1. The maximum absolute atomic E-state index is 10.0. The second-order valence-electron chi connectivity index (χ2n) is 4.77. The molecule has 0 rings (SSSR count). The van der Waals surface area contributed by atoms with Gasteiger partial charge in [-0.1, -0.05) is 33.1 Å². The second-order valence-corrected chi connectivity index (χ2v) is 7.30. The predicted molar refractivity (Wildman–Crippen MR) is 81.1 cm³/mol. The number of aliphatic carboxylic acids is 1. The molecule has 0 unspecified atom stereocenters. The SMILES string of the molecule is CC(C)CCCCCSCC(=O)[O-].CCC[CH2][Sn+]. The molecule has 4 heteroatoms. The fraction of sp³-hybridized carbons (Fsp3) is 0.929. The molecule has 18 heavy (non-hydrogen) atoms. The van der Waals surface area contributed by atoms with Gasteiger partial charge in [0.2, 0.25) is 0 Å². The zero-order valence-electron chi connectivity index (χ0n) is 12.2. The van der Waals surface area contributed by atoms with Crippen LogP contribution in [0.15, 0.2) is 0 Å². The molecule has 0 aliphatic carbocycles. The molecule has 0 heterocycles. The zero-order valence-corrected chi connectivity index (χ0v) is 15.8. The van der Waals surface area contributed by atoms with Crippen LogP contribution in [0.25, 0.3) is 0 Å². The number of rotatable bonds is 10. The quantitative estimate of drug-likeness (QED) is 0.433. The van der Waals surface area contributed by atoms with Crippen molar-refractivity contribution in [3.05, 3.63) is 0 Å². The van der Waals surface area contributed by atoms with Crippen LogP contribution in [-0.2, 0) is 4.79 Å². The number of thioether (sulfide) groups is 1. The topological polar surface area (TPSA) is 40.1 Å². The van der Waals surface area contributed by atoms with E-state index >= 15 is 0 Å². The van der Waals surface area contributed by atoms with Gasteiger partial charge in [0, 0.05) is 5.75 Å². The van der Waals surface area contributed by atoms with E-state index in [4.69, 9.17) is 0 Å². The number of unbranched alkanes of at least 4 members (excludes halogenated alkanes) is 3. The molecule has 0 bridgehead atoms. The maximum atomic E-state index is 10.0. The molecule has 0 N–H and O–H groups in total.